The number of halogens is 1. The SMILES string of the molecule is CN=C(NCCCS(=O)(=O)c1ccccc1)NCC1(c2cccc(F)c2)CC1. The van der Waals surface area contributed by atoms with Gasteiger partial charge in [-0.1, -0.05) is 30.3 Å². The van der Waals surface area contributed by atoms with E-state index in [2.05, 4.69) is 15.6 Å². The van der Waals surface area contributed by atoms with E-state index in [-0.39, 0.29) is 17.0 Å². The van der Waals surface area contributed by atoms with Crippen LogP contribution in [0.15, 0.2) is 64.5 Å². The molecule has 2 aromatic carbocycles. The summed E-state index contributed by atoms with van der Waals surface area (Å²) < 4.78 is 38.1. The van der Waals surface area contributed by atoms with Gasteiger partial charge in [0.2, 0.25) is 0 Å². The lowest BCUT2D eigenvalue weighted by Crippen LogP contribution is -2.41. The van der Waals surface area contributed by atoms with Crippen LogP contribution in [0.2, 0.25) is 0 Å². The Hall–Kier alpha value is -2.41. The summed E-state index contributed by atoms with van der Waals surface area (Å²) in [4.78, 5) is 4.54. The van der Waals surface area contributed by atoms with Crippen LogP contribution in [0.5, 0.6) is 0 Å². The van der Waals surface area contributed by atoms with Crippen molar-refractivity contribution in [1.29, 1.82) is 0 Å². The van der Waals surface area contributed by atoms with Crippen LogP contribution in [0, 0.1) is 5.82 Å². The molecule has 0 unspecified atom stereocenters. The molecule has 0 aliphatic heterocycles. The number of hydrogen-bond donors (Lipinski definition) is 2. The van der Waals surface area contributed by atoms with E-state index < -0.39 is 9.84 Å². The van der Waals surface area contributed by atoms with Crippen molar-refractivity contribution in [2.75, 3.05) is 25.9 Å². The molecule has 7 heteroatoms. The molecular weight excluding hydrogens is 377 g/mol. The Labute approximate surface area is 166 Å². The van der Waals surface area contributed by atoms with E-state index in [1.165, 1.54) is 6.07 Å². The molecule has 0 radical (unpaired) electrons. The number of sulfone groups is 1. The summed E-state index contributed by atoms with van der Waals surface area (Å²) >= 11 is 0. The van der Waals surface area contributed by atoms with E-state index in [0.29, 0.717) is 30.4 Å². The fourth-order valence-electron chi connectivity index (χ4n) is 3.22. The number of benzene rings is 2. The molecule has 0 saturated heterocycles. The van der Waals surface area contributed by atoms with Gasteiger partial charge in [0.25, 0.3) is 0 Å². The Kier molecular flexibility index (Phi) is 6.34. The van der Waals surface area contributed by atoms with Gasteiger partial charge in [0.15, 0.2) is 15.8 Å². The second kappa shape index (κ2) is 8.73. The van der Waals surface area contributed by atoms with Crippen LogP contribution in [-0.4, -0.2) is 40.3 Å². The number of guanidine groups is 1. The third-order valence-corrected chi connectivity index (χ3v) is 6.91. The Morgan fingerprint density at radius 3 is 2.50 bits per heavy atom. The van der Waals surface area contributed by atoms with Gasteiger partial charge in [-0.15, -0.1) is 0 Å². The number of nitrogens with zero attached hydrogens (tertiary/aromatic N) is 1. The van der Waals surface area contributed by atoms with Gasteiger partial charge >= 0.3 is 0 Å². The zero-order valence-corrected chi connectivity index (χ0v) is 16.8. The highest BCUT2D eigenvalue weighted by Gasteiger charge is 2.44. The number of nitrogens with one attached hydrogen (secondary N) is 2. The maximum Gasteiger partial charge on any atom is 0.191 e. The Balaban J connectivity index is 1.46. The van der Waals surface area contributed by atoms with Crippen molar-refractivity contribution in [3.8, 4) is 0 Å². The molecule has 1 saturated carbocycles. The Morgan fingerprint density at radius 2 is 1.86 bits per heavy atom. The molecule has 0 bridgehead atoms. The lowest BCUT2D eigenvalue weighted by Gasteiger charge is -2.19. The Bertz CT molecular complexity index is 926. The summed E-state index contributed by atoms with van der Waals surface area (Å²) in [6.45, 7) is 1.16. The third kappa shape index (κ3) is 5.10. The van der Waals surface area contributed by atoms with Crippen LogP contribution < -0.4 is 10.6 Å². The van der Waals surface area contributed by atoms with Crippen LogP contribution in [0.1, 0.15) is 24.8 Å². The van der Waals surface area contributed by atoms with Gasteiger partial charge in [0, 0.05) is 25.6 Å². The molecule has 5 nitrogen and oxygen atoms in total. The molecule has 0 amide bonds. The monoisotopic (exact) mass is 403 g/mol. The van der Waals surface area contributed by atoms with Gasteiger partial charge in [-0.05, 0) is 49.1 Å². The van der Waals surface area contributed by atoms with Crippen molar-refractivity contribution in [3.05, 3.63) is 66.0 Å². The minimum atomic E-state index is -3.27. The van der Waals surface area contributed by atoms with Crippen LogP contribution in [0.4, 0.5) is 4.39 Å². The minimum Gasteiger partial charge on any atom is -0.356 e. The summed E-state index contributed by atoms with van der Waals surface area (Å²) in [5, 5.41) is 6.44. The van der Waals surface area contributed by atoms with Gasteiger partial charge in [0.1, 0.15) is 5.82 Å². The zero-order valence-electron chi connectivity index (χ0n) is 16.0. The van der Waals surface area contributed by atoms with E-state index in [1.807, 2.05) is 6.07 Å². The molecule has 0 aromatic heterocycles. The highest BCUT2D eigenvalue weighted by Crippen LogP contribution is 2.47. The molecule has 28 heavy (non-hydrogen) atoms. The first kappa shape index (κ1) is 20.3. The van der Waals surface area contributed by atoms with Gasteiger partial charge in [-0.3, -0.25) is 4.99 Å². The van der Waals surface area contributed by atoms with Crippen LogP contribution in [0.3, 0.4) is 0 Å². The highest BCUT2D eigenvalue weighted by atomic mass is 32.2. The quantitative estimate of drug-likeness (QED) is 0.404. The summed E-state index contributed by atoms with van der Waals surface area (Å²) in [6.07, 6.45) is 2.50. The molecule has 0 atom stereocenters. The molecule has 150 valence electrons. The second-order valence-electron chi connectivity index (χ2n) is 7.13. The molecule has 1 aliphatic rings. The van der Waals surface area contributed by atoms with E-state index >= 15 is 0 Å². The normalized spacial score (nSPS) is 15.9. The minimum absolute atomic E-state index is 0.0453. The lowest BCUT2D eigenvalue weighted by molar-refractivity contribution is 0.591. The standard InChI is InChI=1S/C21H26FN3O2S/c1-23-20(24-13-6-14-28(26,27)19-9-3-2-4-10-19)25-16-21(11-12-21)17-7-5-8-18(22)15-17/h2-5,7-10,15H,6,11-14,16H2,1H3,(H2,23,24,25). The van der Waals surface area contributed by atoms with E-state index in [4.69, 9.17) is 0 Å². The molecule has 2 N–H and O–H groups in total. The van der Waals surface area contributed by atoms with Gasteiger partial charge in [-0.25, -0.2) is 12.8 Å². The van der Waals surface area contributed by atoms with Crippen molar-refractivity contribution in [1.82, 2.24) is 10.6 Å². The maximum atomic E-state index is 13.5. The molecule has 1 fully saturated rings. The fourth-order valence-corrected chi connectivity index (χ4v) is 4.56. The first-order valence-corrected chi connectivity index (χ1v) is 11.1. The first-order valence-electron chi connectivity index (χ1n) is 9.44. The van der Waals surface area contributed by atoms with Crippen LogP contribution in [0.25, 0.3) is 0 Å². The van der Waals surface area contributed by atoms with Crippen molar-refractivity contribution in [2.45, 2.75) is 29.6 Å². The molecular formula is C21H26FN3O2S. The molecule has 2 aromatic rings. The topological polar surface area (TPSA) is 70.6 Å². The lowest BCUT2D eigenvalue weighted by atomic mass is 9.96. The summed E-state index contributed by atoms with van der Waals surface area (Å²) in [5.74, 6) is 0.486. The molecule has 0 spiro atoms. The van der Waals surface area contributed by atoms with Crippen molar-refractivity contribution >= 4 is 15.8 Å². The smallest absolute Gasteiger partial charge is 0.191 e. The molecule has 1 aliphatic carbocycles. The van der Waals surface area contributed by atoms with E-state index in [9.17, 15) is 12.8 Å². The van der Waals surface area contributed by atoms with Crippen molar-refractivity contribution in [3.63, 3.8) is 0 Å². The molecule has 0 heterocycles. The number of rotatable bonds is 8. The van der Waals surface area contributed by atoms with Gasteiger partial charge in [0.05, 0.1) is 10.6 Å². The number of hydrogen-bond acceptors (Lipinski definition) is 3. The third-order valence-electron chi connectivity index (χ3n) is 5.09. The predicted molar refractivity (Wildman–Crippen MR) is 110 cm³/mol. The average molecular weight is 404 g/mol. The molecule has 3 rings (SSSR count). The fraction of sp³-hybridized carbons (Fsp3) is 0.381. The van der Waals surface area contributed by atoms with Crippen LogP contribution in [-0.2, 0) is 15.3 Å². The van der Waals surface area contributed by atoms with Crippen molar-refractivity contribution in [2.24, 2.45) is 4.99 Å². The van der Waals surface area contributed by atoms with Crippen LogP contribution >= 0.6 is 0 Å². The highest BCUT2D eigenvalue weighted by molar-refractivity contribution is 7.91. The number of aliphatic imine (C=N–C) groups is 1. The first-order chi connectivity index (χ1) is 13.5. The summed E-state index contributed by atoms with van der Waals surface area (Å²) in [7, 11) is -1.59. The van der Waals surface area contributed by atoms with Crippen molar-refractivity contribution < 1.29 is 12.8 Å². The maximum absolute atomic E-state index is 13.5. The van der Waals surface area contributed by atoms with Gasteiger partial charge in [-0.2, -0.15) is 0 Å². The Morgan fingerprint density at radius 1 is 1.11 bits per heavy atom. The average Bonchev–Trinajstić information content (AvgIpc) is 3.49. The van der Waals surface area contributed by atoms with E-state index in [1.54, 1.807) is 49.5 Å². The van der Waals surface area contributed by atoms with Gasteiger partial charge < -0.3 is 10.6 Å². The largest absolute Gasteiger partial charge is 0.356 e. The van der Waals surface area contributed by atoms with E-state index in [0.717, 1.165) is 18.4 Å². The second-order valence-corrected chi connectivity index (χ2v) is 9.24. The summed E-state index contributed by atoms with van der Waals surface area (Å²) in [5.41, 5.74) is 0.959. The zero-order chi connectivity index (χ0) is 20.0. The summed E-state index contributed by atoms with van der Waals surface area (Å²) in [6, 6.07) is 15.2. The predicted octanol–water partition coefficient (Wildman–Crippen LogP) is 2.89.